The Morgan fingerprint density at radius 2 is 1.75 bits per heavy atom. The topological polar surface area (TPSA) is 68.2 Å². The Morgan fingerprint density at radius 3 is 2.19 bits per heavy atom. The lowest BCUT2D eigenvalue weighted by molar-refractivity contribution is 0.0501. The van der Waals surface area contributed by atoms with Gasteiger partial charge in [-0.2, -0.15) is 0 Å². The first-order valence-electron chi connectivity index (χ1n) is 4.80. The molecule has 88 valence electrons. The molecule has 0 saturated carbocycles. The van der Waals surface area contributed by atoms with E-state index in [1.54, 1.807) is 19.2 Å². The van der Waals surface area contributed by atoms with Crippen LogP contribution in [0.15, 0.2) is 12.1 Å². The van der Waals surface area contributed by atoms with Crippen LogP contribution >= 0.6 is 0 Å². The summed E-state index contributed by atoms with van der Waals surface area (Å²) < 4.78 is 15.0. The summed E-state index contributed by atoms with van der Waals surface area (Å²) >= 11 is 0. The van der Waals surface area contributed by atoms with Gasteiger partial charge in [0.15, 0.2) is 6.79 Å². The van der Waals surface area contributed by atoms with Gasteiger partial charge in [0, 0.05) is 7.11 Å². The highest BCUT2D eigenvalue weighted by Crippen LogP contribution is 2.28. The fourth-order valence-electron chi connectivity index (χ4n) is 1.45. The average molecular weight is 226 g/mol. The molecule has 0 amide bonds. The van der Waals surface area contributed by atoms with Crippen molar-refractivity contribution >= 4 is 7.32 Å². The average Bonchev–Trinajstić information content (AvgIpc) is 2.15. The van der Waals surface area contributed by atoms with Crippen LogP contribution in [-0.2, 0) is 4.74 Å². The molecule has 0 bridgehead atoms. The SMILES string of the molecule is COCOc1c(C)cc(OB(O)O)cc1C. The summed E-state index contributed by atoms with van der Waals surface area (Å²) in [6, 6.07) is 3.33. The summed E-state index contributed by atoms with van der Waals surface area (Å²) in [5.74, 6) is 1.09. The Bertz CT molecular complexity index is 330. The van der Waals surface area contributed by atoms with Gasteiger partial charge in [0.05, 0.1) is 0 Å². The van der Waals surface area contributed by atoms with Crippen LogP contribution in [0.25, 0.3) is 0 Å². The van der Waals surface area contributed by atoms with Crippen LogP contribution in [-0.4, -0.2) is 31.3 Å². The van der Waals surface area contributed by atoms with E-state index in [-0.39, 0.29) is 6.79 Å². The van der Waals surface area contributed by atoms with Gasteiger partial charge in [0.2, 0.25) is 0 Å². The summed E-state index contributed by atoms with van der Waals surface area (Å²) in [4.78, 5) is 0. The van der Waals surface area contributed by atoms with Gasteiger partial charge in [0.1, 0.15) is 11.5 Å². The van der Waals surface area contributed by atoms with Gasteiger partial charge in [0.25, 0.3) is 0 Å². The molecule has 0 unspecified atom stereocenters. The molecule has 16 heavy (non-hydrogen) atoms. The van der Waals surface area contributed by atoms with E-state index in [1.807, 2.05) is 13.8 Å². The number of hydrogen-bond donors (Lipinski definition) is 2. The van der Waals surface area contributed by atoms with Crippen molar-refractivity contribution in [3.63, 3.8) is 0 Å². The van der Waals surface area contributed by atoms with Crippen LogP contribution in [0.1, 0.15) is 11.1 Å². The van der Waals surface area contributed by atoms with Crippen LogP contribution in [0.4, 0.5) is 0 Å². The minimum absolute atomic E-state index is 0.171. The van der Waals surface area contributed by atoms with E-state index in [2.05, 4.69) is 0 Å². The molecule has 0 heterocycles. The second-order valence-corrected chi connectivity index (χ2v) is 3.38. The second-order valence-electron chi connectivity index (χ2n) is 3.38. The highest BCUT2D eigenvalue weighted by molar-refractivity contribution is 6.33. The van der Waals surface area contributed by atoms with E-state index < -0.39 is 7.32 Å². The number of hydrogen-bond acceptors (Lipinski definition) is 5. The van der Waals surface area contributed by atoms with Gasteiger partial charge in [-0.25, -0.2) is 0 Å². The van der Waals surface area contributed by atoms with E-state index in [1.165, 1.54) is 0 Å². The van der Waals surface area contributed by atoms with Gasteiger partial charge >= 0.3 is 7.32 Å². The molecule has 0 fully saturated rings. The van der Waals surface area contributed by atoms with Crippen molar-refractivity contribution in [3.05, 3.63) is 23.3 Å². The molecule has 1 rings (SSSR count). The lowest BCUT2D eigenvalue weighted by Crippen LogP contribution is -2.20. The largest absolute Gasteiger partial charge is 0.707 e. The maximum absolute atomic E-state index is 8.68. The third-order valence-electron chi connectivity index (χ3n) is 2.00. The van der Waals surface area contributed by atoms with Gasteiger partial charge in [-0.15, -0.1) is 0 Å². The highest BCUT2D eigenvalue weighted by Gasteiger charge is 2.13. The molecule has 1 aromatic rings. The first-order valence-corrected chi connectivity index (χ1v) is 4.80. The predicted octanol–water partition coefficient (Wildman–Crippen LogP) is 0.634. The number of methoxy groups -OCH3 is 1. The Labute approximate surface area is 94.7 Å². The van der Waals surface area contributed by atoms with Crippen molar-refractivity contribution in [3.8, 4) is 11.5 Å². The third kappa shape index (κ3) is 3.41. The van der Waals surface area contributed by atoms with Crippen molar-refractivity contribution < 1.29 is 24.2 Å². The van der Waals surface area contributed by atoms with Gasteiger partial charge < -0.3 is 24.2 Å². The lowest BCUT2D eigenvalue weighted by atomic mass is 10.1. The zero-order valence-corrected chi connectivity index (χ0v) is 9.56. The summed E-state index contributed by atoms with van der Waals surface area (Å²) in [7, 11) is -0.269. The Balaban J connectivity index is 2.89. The van der Waals surface area contributed by atoms with Crippen LogP contribution in [0, 0.1) is 13.8 Å². The lowest BCUT2D eigenvalue weighted by Gasteiger charge is -2.13. The standard InChI is InChI=1S/C10H15BO5/c1-7-4-9(16-11(12)13)5-8(2)10(7)15-6-14-3/h4-5,12-13H,6H2,1-3H3. The molecular formula is C10H15BO5. The zero-order chi connectivity index (χ0) is 12.1. The smallest absolute Gasteiger partial charge is 0.512 e. The van der Waals surface area contributed by atoms with Gasteiger partial charge in [-0.05, 0) is 37.1 Å². The summed E-state index contributed by atoms with van der Waals surface area (Å²) in [5, 5.41) is 17.4. The fraction of sp³-hybridized carbons (Fsp3) is 0.400. The molecule has 0 aliphatic rings. The number of ether oxygens (including phenoxy) is 2. The van der Waals surface area contributed by atoms with E-state index in [4.69, 9.17) is 24.2 Å². The van der Waals surface area contributed by atoms with Gasteiger partial charge in [-0.3, -0.25) is 0 Å². The Morgan fingerprint density at radius 1 is 1.19 bits per heavy atom. The van der Waals surface area contributed by atoms with Crippen LogP contribution in [0.2, 0.25) is 0 Å². The van der Waals surface area contributed by atoms with E-state index >= 15 is 0 Å². The van der Waals surface area contributed by atoms with E-state index in [0.717, 1.165) is 11.1 Å². The molecule has 0 spiro atoms. The molecule has 5 nitrogen and oxygen atoms in total. The first kappa shape index (κ1) is 12.8. The summed E-state index contributed by atoms with van der Waals surface area (Å²) in [5.41, 5.74) is 1.68. The molecular weight excluding hydrogens is 211 g/mol. The molecule has 0 aliphatic carbocycles. The Kier molecular flexibility index (Phi) is 4.60. The zero-order valence-electron chi connectivity index (χ0n) is 9.56. The van der Waals surface area contributed by atoms with Crippen molar-refractivity contribution in [1.82, 2.24) is 0 Å². The maximum Gasteiger partial charge on any atom is 0.707 e. The molecule has 1 aromatic carbocycles. The quantitative estimate of drug-likeness (QED) is 0.569. The van der Waals surface area contributed by atoms with Crippen LogP contribution in [0.3, 0.4) is 0 Å². The normalized spacial score (nSPS) is 10.1. The highest BCUT2D eigenvalue weighted by atomic mass is 16.7. The number of aryl methyl sites for hydroxylation is 2. The molecule has 0 saturated heterocycles. The number of rotatable bonds is 5. The molecule has 2 N–H and O–H groups in total. The molecule has 0 atom stereocenters. The minimum atomic E-state index is -1.82. The van der Waals surface area contributed by atoms with Crippen molar-refractivity contribution in [1.29, 1.82) is 0 Å². The summed E-state index contributed by atoms with van der Waals surface area (Å²) in [6.07, 6.45) is 0. The van der Waals surface area contributed by atoms with Crippen molar-refractivity contribution in [2.75, 3.05) is 13.9 Å². The Hall–Kier alpha value is -1.24. The minimum Gasteiger partial charge on any atom is -0.512 e. The molecule has 0 radical (unpaired) electrons. The summed E-state index contributed by atoms with van der Waals surface area (Å²) in [6.45, 7) is 3.85. The molecule has 0 aliphatic heterocycles. The maximum atomic E-state index is 8.68. The van der Waals surface area contributed by atoms with Crippen molar-refractivity contribution in [2.24, 2.45) is 0 Å². The van der Waals surface area contributed by atoms with Crippen molar-refractivity contribution in [2.45, 2.75) is 13.8 Å². The fourth-order valence-corrected chi connectivity index (χ4v) is 1.45. The third-order valence-corrected chi connectivity index (χ3v) is 2.00. The van der Waals surface area contributed by atoms with Gasteiger partial charge in [-0.1, -0.05) is 0 Å². The predicted molar refractivity (Wildman–Crippen MR) is 59.2 cm³/mol. The molecule has 0 aromatic heterocycles. The second kappa shape index (κ2) is 5.74. The number of benzene rings is 1. The van der Waals surface area contributed by atoms with Crippen LogP contribution in [0.5, 0.6) is 11.5 Å². The van der Waals surface area contributed by atoms with E-state index in [0.29, 0.717) is 11.5 Å². The molecule has 6 heteroatoms. The monoisotopic (exact) mass is 226 g/mol. The first-order chi connectivity index (χ1) is 7.54. The van der Waals surface area contributed by atoms with E-state index in [9.17, 15) is 0 Å². The van der Waals surface area contributed by atoms with Crippen LogP contribution < -0.4 is 9.39 Å².